The molecule has 3 heterocycles. The van der Waals surface area contributed by atoms with Gasteiger partial charge in [-0.2, -0.15) is 0 Å². The average Bonchev–Trinajstić information content (AvgIpc) is 2.54. The number of rotatable bonds is 2. The molecule has 0 radical (unpaired) electrons. The van der Waals surface area contributed by atoms with Gasteiger partial charge in [0.25, 0.3) is 0 Å². The third kappa shape index (κ3) is 2.70. The molecule has 0 unspecified atom stereocenters. The van der Waals surface area contributed by atoms with Crippen LogP contribution in [-0.4, -0.2) is 65.4 Å². The zero-order valence-electron chi connectivity index (χ0n) is 12.9. The first-order valence-corrected chi connectivity index (χ1v) is 7.79. The minimum Gasteiger partial charge on any atom is -0.353 e. The molecular weight excluding hydrogens is 280 g/mol. The zero-order valence-corrected chi connectivity index (χ0v) is 12.9. The first-order valence-electron chi connectivity index (χ1n) is 7.79. The van der Waals surface area contributed by atoms with Gasteiger partial charge in [0, 0.05) is 38.1 Å². The molecule has 1 spiro atoms. The van der Waals surface area contributed by atoms with Crippen LogP contribution in [0, 0.1) is 0 Å². The van der Waals surface area contributed by atoms with Crippen LogP contribution in [0.3, 0.4) is 0 Å². The molecule has 2 aliphatic heterocycles. The van der Waals surface area contributed by atoms with Crippen LogP contribution in [0.15, 0.2) is 24.4 Å². The maximum Gasteiger partial charge on any atom is 0.240 e. The van der Waals surface area contributed by atoms with Crippen molar-refractivity contribution in [2.24, 2.45) is 0 Å². The van der Waals surface area contributed by atoms with Gasteiger partial charge in [-0.1, -0.05) is 6.07 Å². The summed E-state index contributed by atoms with van der Waals surface area (Å²) in [6.07, 6.45) is 3.43. The van der Waals surface area contributed by atoms with Crippen LogP contribution in [0.4, 0.5) is 0 Å². The second kappa shape index (κ2) is 6.04. The largest absolute Gasteiger partial charge is 0.353 e. The monoisotopic (exact) mass is 302 g/mol. The van der Waals surface area contributed by atoms with E-state index in [1.165, 1.54) is 0 Å². The minimum atomic E-state index is -0.431. The fraction of sp³-hybridized carbons (Fsp3) is 0.562. The zero-order chi connectivity index (χ0) is 15.6. The number of piperazine rings is 1. The van der Waals surface area contributed by atoms with E-state index in [1.807, 2.05) is 30.1 Å². The summed E-state index contributed by atoms with van der Waals surface area (Å²) in [5, 5.41) is 2.96. The minimum absolute atomic E-state index is 0.0902. The standard InChI is InChI=1S/C16H22N4O2/c1-19-11-8-18-15(22)16(19)5-9-20(10-6-16)14(21)12-13-4-2-3-7-17-13/h2-4,7H,5-6,8-12H2,1H3,(H,18,22). The molecule has 2 aliphatic rings. The molecule has 0 atom stereocenters. The topological polar surface area (TPSA) is 65.5 Å². The first-order chi connectivity index (χ1) is 10.6. The predicted molar refractivity (Wildman–Crippen MR) is 82.1 cm³/mol. The van der Waals surface area contributed by atoms with E-state index in [1.54, 1.807) is 6.20 Å². The van der Waals surface area contributed by atoms with E-state index >= 15 is 0 Å². The summed E-state index contributed by atoms with van der Waals surface area (Å²) >= 11 is 0. The summed E-state index contributed by atoms with van der Waals surface area (Å²) < 4.78 is 0. The number of likely N-dealkylation sites (tertiary alicyclic amines) is 1. The highest BCUT2D eigenvalue weighted by atomic mass is 16.2. The summed E-state index contributed by atoms with van der Waals surface area (Å²) in [7, 11) is 2.00. The molecule has 2 fully saturated rings. The highest BCUT2D eigenvalue weighted by Crippen LogP contribution is 2.30. The number of likely N-dealkylation sites (N-methyl/N-ethyl adjacent to an activating group) is 1. The van der Waals surface area contributed by atoms with Crippen molar-refractivity contribution in [2.45, 2.75) is 24.8 Å². The van der Waals surface area contributed by atoms with Crippen molar-refractivity contribution in [2.75, 3.05) is 33.2 Å². The van der Waals surface area contributed by atoms with Gasteiger partial charge in [0.15, 0.2) is 0 Å². The highest BCUT2D eigenvalue weighted by molar-refractivity contribution is 5.87. The Bertz CT molecular complexity index is 553. The lowest BCUT2D eigenvalue weighted by molar-refractivity contribution is -0.144. The Morgan fingerprint density at radius 3 is 2.73 bits per heavy atom. The number of aromatic nitrogens is 1. The number of carbonyl (C=O) groups is 2. The molecule has 6 heteroatoms. The lowest BCUT2D eigenvalue weighted by atomic mass is 9.83. The Balaban J connectivity index is 1.61. The van der Waals surface area contributed by atoms with Gasteiger partial charge in [-0.05, 0) is 32.0 Å². The Morgan fingerprint density at radius 1 is 1.32 bits per heavy atom. The molecule has 118 valence electrons. The SMILES string of the molecule is CN1CCNC(=O)C12CCN(C(=O)Cc1ccccn1)CC2. The summed E-state index contributed by atoms with van der Waals surface area (Å²) in [4.78, 5) is 32.9. The molecule has 1 aromatic rings. The Hall–Kier alpha value is -1.95. The van der Waals surface area contributed by atoms with Crippen LogP contribution in [0.25, 0.3) is 0 Å². The third-order valence-electron chi connectivity index (χ3n) is 4.89. The van der Waals surface area contributed by atoms with Crippen LogP contribution in [0.2, 0.25) is 0 Å². The van der Waals surface area contributed by atoms with Gasteiger partial charge < -0.3 is 10.2 Å². The molecule has 2 saturated heterocycles. The van der Waals surface area contributed by atoms with Crippen molar-refractivity contribution in [3.63, 3.8) is 0 Å². The van der Waals surface area contributed by atoms with Crippen LogP contribution in [0.5, 0.6) is 0 Å². The molecular formula is C16H22N4O2. The van der Waals surface area contributed by atoms with Crippen LogP contribution in [0.1, 0.15) is 18.5 Å². The predicted octanol–water partition coefficient (Wildman–Crippen LogP) is 0.0469. The molecule has 2 amide bonds. The van der Waals surface area contributed by atoms with E-state index in [9.17, 15) is 9.59 Å². The van der Waals surface area contributed by atoms with Crippen LogP contribution >= 0.6 is 0 Å². The second-order valence-electron chi connectivity index (χ2n) is 6.09. The number of piperidine rings is 1. The normalized spacial score (nSPS) is 21.7. The number of pyridine rings is 1. The van der Waals surface area contributed by atoms with Crippen molar-refractivity contribution in [1.82, 2.24) is 20.1 Å². The third-order valence-corrected chi connectivity index (χ3v) is 4.89. The lowest BCUT2D eigenvalue weighted by Gasteiger charge is -2.48. The van der Waals surface area contributed by atoms with E-state index in [0.29, 0.717) is 38.9 Å². The van der Waals surface area contributed by atoms with E-state index in [0.717, 1.165) is 12.2 Å². The van der Waals surface area contributed by atoms with Crippen molar-refractivity contribution in [1.29, 1.82) is 0 Å². The summed E-state index contributed by atoms with van der Waals surface area (Å²) in [5.41, 5.74) is 0.361. The number of hydrogen-bond acceptors (Lipinski definition) is 4. The lowest BCUT2D eigenvalue weighted by Crippen LogP contribution is -2.67. The summed E-state index contributed by atoms with van der Waals surface area (Å²) in [6, 6.07) is 5.60. The van der Waals surface area contributed by atoms with E-state index in [2.05, 4.69) is 15.2 Å². The molecule has 22 heavy (non-hydrogen) atoms. The molecule has 0 aliphatic carbocycles. The van der Waals surface area contributed by atoms with Gasteiger partial charge in [-0.3, -0.25) is 19.5 Å². The van der Waals surface area contributed by atoms with E-state index < -0.39 is 5.54 Å². The Labute approximate surface area is 130 Å². The van der Waals surface area contributed by atoms with E-state index in [-0.39, 0.29) is 11.8 Å². The molecule has 0 saturated carbocycles. The van der Waals surface area contributed by atoms with Crippen molar-refractivity contribution < 1.29 is 9.59 Å². The number of nitrogens with zero attached hydrogens (tertiary/aromatic N) is 3. The summed E-state index contributed by atoms with van der Waals surface area (Å²) in [6.45, 7) is 2.83. The highest BCUT2D eigenvalue weighted by Gasteiger charge is 2.46. The van der Waals surface area contributed by atoms with Crippen LogP contribution in [-0.2, 0) is 16.0 Å². The molecule has 1 aromatic heterocycles. The smallest absolute Gasteiger partial charge is 0.240 e. The van der Waals surface area contributed by atoms with E-state index in [4.69, 9.17) is 0 Å². The van der Waals surface area contributed by atoms with Crippen molar-refractivity contribution in [3.8, 4) is 0 Å². The van der Waals surface area contributed by atoms with Crippen molar-refractivity contribution >= 4 is 11.8 Å². The second-order valence-corrected chi connectivity index (χ2v) is 6.09. The average molecular weight is 302 g/mol. The Kier molecular flexibility index (Phi) is 4.11. The molecule has 3 rings (SSSR count). The van der Waals surface area contributed by atoms with Gasteiger partial charge in [0.2, 0.25) is 11.8 Å². The number of carbonyl (C=O) groups excluding carboxylic acids is 2. The fourth-order valence-corrected chi connectivity index (χ4v) is 3.39. The maximum atomic E-state index is 12.4. The van der Waals surface area contributed by atoms with Gasteiger partial charge in [-0.25, -0.2) is 0 Å². The van der Waals surface area contributed by atoms with Gasteiger partial charge in [0.05, 0.1) is 6.42 Å². The number of hydrogen-bond donors (Lipinski definition) is 1. The molecule has 6 nitrogen and oxygen atoms in total. The fourth-order valence-electron chi connectivity index (χ4n) is 3.39. The summed E-state index contributed by atoms with van der Waals surface area (Å²) in [5.74, 6) is 0.200. The molecule has 0 bridgehead atoms. The Morgan fingerprint density at radius 2 is 2.09 bits per heavy atom. The van der Waals surface area contributed by atoms with Gasteiger partial charge in [-0.15, -0.1) is 0 Å². The molecule has 1 N–H and O–H groups in total. The number of amides is 2. The van der Waals surface area contributed by atoms with Gasteiger partial charge >= 0.3 is 0 Å². The van der Waals surface area contributed by atoms with Crippen LogP contribution < -0.4 is 5.32 Å². The van der Waals surface area contributed by atoms with Crippen molar-refractivity contribution in [3.05, 3.63) is 30.1 Å². The first kappa shape index (κ1) is 15.0. The van der Waals surface area contributed by atoms with Gasteiger partial charge in [0.1, 0.15) is 5.54 Å². The molecule has 0 aromatic carbocycles. The quantitative estimate of drug-likeness (QED) is 0.838. The number of nitrogens with one attached hydrogen (secondary N) is 1. The maximum absolute atomic E-state index is 12.4.